The van der Waals surface area contributed by atoms with Gasteiger partial charge in [-0.3, -0.25) is 9.69 Å². The number of rotatable bonds is 6. The van der Waals surface area contributed by atoms with Crippen molar-refractivity contribution in [3.05, 3.63) is 53.9 Å². The van der Waals surface area contributed by atoms with E-state index < -0.39 is 0 Å². The zero-order chi connectivity index (χ0) is 25.2. The molecule has 2 saturated heterocycles. The van der Waals surface area contributed by atoms with Gasteiger partial charge in [0, 0.05) is 56.8 Å². The van der Waals surface area contributed by atoms with Crippen molar-refractivity contribution < 1.29 is 18.7 Å². The smallest absolute Gasteiger partial charge is 0.246 e. The van der Waals surface area contributed by atoms with Crippen LogP contribution in [0.15, 0.2) is 42.5 Å². The van der Waals surface area contributed by atoms with Crippen molar-refractivity contribution in [2.75, 3.05) is 51.0 Å². The van der Waals surface area contributed by atoms with Gasteiger partial charge in [-0.15, -0.1) is 0 Å². The van der Waals surface area contributed by atoms with Gasteiger partial charge in [-0.05, 0) is 79.2 Å². The normalized spacial score (nSPS) is 20.3. The van der Waals surface area contributed by atoms with E-state index in [-0.39, 0.29) is 24.6 Å². The Balaban J connectivity index is 1.02. The van der Waals surface area contributed by atoms with E-state index in [2.05, 4.69) is 19.1 Å². The Morgan fingerprint density at radius 2 is 1.92 bits per heavy atom. The number of piperazine rings is 1. The molecule has 194 valence electrons. The van der Waals surface area contributed by atoms with E-state index >= 15 is 0 Å². The minimum Gasteiger partial charge on any atom is -0.454 e. The highest BCUT2D eigenvalue weighted by Crippen LogP contribution is 2.33. The number of likely N-dealkylation sites (tertiary alicyclic amines) is 1. The second-order valence-corrected chi connectivity index (χ2v) is 10.7. The molecule has 0 N–H and O–H groups in total. The molecule has 4 heterocycles. The molecule has 1 amide bonds. The Kier molecular flexibility index (Phi) is 6.97. The van der Waals surface area contributed by atoms with Crippen molar-refractivity contribution in [3.63, 3.8) is 0 Å². The third-order valence-corrected chi connectivity index (χ3v) is 8.39. The van der Waals surface area contributed by atoms with E-state index in [1.54, 1.807) is 12.1 Å². The molecule has 1 atom stereocenters. The number of carbonyl (C=O) groups excluding carboxylic acids is 1. The van der Waals surface area contributed by atoms with E-state index in [0.717, 1.165) is 91.5 Å². The summed E-state index contributed by atoms with van der Waals surface area (Å²) in [6.45, 7) is 5.78. The molecule has 0 bridgehead atoms. The van der Waals surface area contributed by atoms with Gasteiger partial charge < -0.3 is 19.3 Å². The van der Waals surface area contributed by atoms with Crippen molar-refractivity contribution >= 4 is 39.4 Å². The third kappa shape index (κ3) is 5.29. The first-order valence-corrected chi connectivity index (χ1v) is 13.8. The first kappa shape index (κ1) is 24.2. The summed E-state index contributed by atoms with van der Waals surface area (Å²) in [6, 6.07) is 10.9. The molecule has 37 heavy (non-hydrogen) atoms. The van der Waals surface area contributed by atoms with Crippen molar-refractivity contribution in [2.45, 2.75) is 31.7 Å². The predicted molar refractivity (Wildman–Crippen MR) is 144 cm³/mol. The first-order chi connectivity index (χ1) is 18.1. The maximum atomic E-state index is 13.5. The fourth-order valence-electron chi connectivity index (χ4n) is 5.51. The van der Waals surface area contributed by atoms with Gasteiger partial charge in [0.2, 0.25) is 12.7 Å². The quantitative estimate of drug-likeness (QED) is 0.435. The number of piperidine rings is 1. The molecular formula is C28H31FN4O3S. The summed E-state index contributed by atoms with van der Waals surface area (Å²) in [5, 5.41) is 1.03. The van der Waals surface area contributed by atoms with Gasteiger partial charge in [0.05, 0.1) is 4.70 Å². The molecule has 6 rings (SSSR count). The fourth-order valence-corrected chi connectivity index (χ4v) is 6.33. The number of aromatic nitrogens is 1. The minimum atomic E-state index is -0.217. The topological polar surface area (TPSA) is 58.1 Å². The van der Waals surface area contributed by atoms with Crippen LogP contribution in [0.2, 0.25) is 0 Å². The molecule has 0 unspecified atom stereocenters. The van der Waals surface area contributed by atoms with E-state index in [0.29, 0.717) is 0 Å². The maximum Gasteiger partial charge on any atom is 0.246 e. The summed E-state index contributed by atoms with van der Waals surface area (Å²) < 4.78 is 29.9. The van der Waals surface area contributed by atoms with Crippen molar-refractivity contribution in [3.8, 4) is 11.5 Å². The Morgan fingerprint density at radius 3 is 2.81 bits per heavy atom. The van der Waals surface area contributed by atoms with E-state index in [1.807, 2.05) is 30.3 Å². The molecule has 3 aliphatic heterocycles. The van der Waals surface area contributed by atoms with Crippen molar-refractivity contribution in [1.82, 2.24) is 14.2 Å². The summed E-state index contributed by atoms with van der Waals surface area (Å²) in [6.07, 6.45) is 7.84. The standard InChI is InChI=1S/C28H31FN4O3S/c29-21-6-7-23-26(18-21)37-30-28(23)32-15-13-31(14-16-32)12-10-22-3-1-2-11-33(22)27(34)9-5-20-4-8-24-25(17-20)36-19-35-24/h4-9,17-18,22H,1-3,10-16,19H2/b9-5+/t22-/m0/s1. The first-order valence-electron chi connectivity index (χ1n) is 13.0. The molecule has 1 aromatic heterocycles. The molecule has 0 spiro atoms. The average molecular weight is 523 g/mol. The molecule has 7 nitrogen and oxygen atoms in total. The van der Waals surface area contributed by atoms with Gasteiger partial charge >= 0.3 is 0 Å². The lowest BCUT2D eigenvalue weighted by atomic mass is 9.98. The zero-order valence-corrected chi connectivity index (χ0v) is 21.6. The third-order valence-electron chi connectivity index (χ3n) is 7.59. The van der Waals surface area contributed by atoms with Crippen LogP contribution in [0.3, 0.4) is 0 Å². The zero-order valence-electron chi connectivity index (χ0n) is 20.8. The number of fused-ring (bicyclic) bond motifs is 2. The molecule has 9 heteroatoms. The highest BCUT2D eigenvalue weighted by atomic mass is 32.1. The van der Waals surface area contributed by atoms with Crippen LogP contribution in [0.4, 0.5) is 10.2 Å². The molecule has 0 saturated carbocycles. The molecule has 2 aromatic carbocycles. The highest BCUT2D eigenvalue weighted by Gasteiger charge is 2.27. The lowest BCUT2D eigenvalue weighted by Gasteiger charge is -2.39. The molecule has 0 aliphatic carbocycles. The monoisotopic (exact) mass is 522 g/mol. The van der Waals surface area contributed by atoms with E-state index in [9.17, 15) is 9.18 Å². The number of hydrogen-bond acceptors (Lipinski definition) is 7. The lowest BCUT2D eigenvalue weighted by Crippen LogP contribution is -2.49. The van der Waals surface area contributed by atoms with Gasteiger partial charge in [-0.2, -0.15) is 4.37 Å². The number of hydrogen-bond donors (Lipinski definition) is 0. The lowest BCUT2D eigenvalue weighted by molar-refractivity contribution is -0.129. The van der Waals surface area contributed by atoms with Crippen LogP contribution in [0.25, 0.3) is 16.2 Å². The van der Waals surface area contributed by atoms with Gasteiger partial charge in [-0.25, -0.2) is 4.39 Å². The molecular weight excluding hydrogens is 491 g/mol. The maximum absolute atomic E-state index is 13.5. The van der Waals surface area contributed by atoms with Crippen molar-refractivity contribution in [2.24, 2.45) is 0 Å². The summed E-state index contributed by atoms with van der Waals surface area (Å²) in [5.74, 6) is 2.31. The van der Waals surface area contributed by atoms with Crippen LogP contribution in [-0.4, -0.2) is 72.2 Å². The molecule has 3 aliphatic rings. The largest absolute Gasteiger partial charge is 0.454 e. The van der Waals surface area contributed by atoms with Crippen LogP contribution in [0.5, 0.6) is 11.5 Å². The Bertz CT molecular complexity index is 1300. The van der Waals surface area contributed by atoms with Gasteiger partial charge in [0.25, 0.3) is 0 Å². The number of carbonyl (C=O) groups is 1. The minimum absolute atomic E-state index is 0.0824. The molecule has 2 fully saturated rings. The average Bonchev–Trinajstić information content (AvgIpc) is 3.57. The van der Waals surface area contributed by atoms with Crippen LogP contribution in [0.1, 0.15) is 31.2 Å². The van der Waals surface area contributed by atoms with Crippen molar-refractivity contribution in [1.29, 1.82) is 0 Å². The van der Waals surface area contributed by atoms with E-state index in [1.165, 1.54) is 24.0 Å². The summed E-state index contributed by atoms with van der Waals surface area (Å²) >= 11 is 1.36. The van der Waals surface area contributed by atoms with Gasteiger partial charge in [-0.1, -0.05) is 6.07 Å². The second kappa shape index (κ2) is 10.7. The SMILES string of the molecule is O=C(/C=C/c1ccc2c(c1)OCO2)N1CCCC[C@H]1CCN1CCN(c2nsc3cc(F)ccc23)CC1. The van der Waals surface area contributed by atoms with Crippen LogP contribution in [0, 0.1) is 5.82 Å². The van der Waals surface area contributed by atoms with Crippen LogP contribution < -0.4 is 14.4 Å². The number of nitrogens with zero attached hydrogens (tertiary/aromatic N) is 4. The summed E-state index contributed by atoms with van der Waals surface area (Å²) in [5.41, 5.74) is 0.932. The molecule has 3 aromatic rings. The van der Waals surface area contributed by atoms with Gasteiger partial charge in [0.1, 0.15) is 11.6 Å². The summed E-state index contributed by atoms with van der Waals surface area (Å²) in [7, 11) is 0. The number of benzene rings is 2. The summed E-state index contributed by atoms with van der Waals surface area (Å²) in [4.78, 5) is 20.0. The highest BCUT2D eigenvalue weighted by molar-refractivity contribution is 7.13. The number of halogens is 1. The predicted octanol–water partition coefficient (Wildman–Crippen LogP) is 4.77. The number of ether oxygens (including phenoxy) is 2. The van der Waals surface area contributed by atoms with E-state index in [4.69, 9.17) is 9.47 Å². The number of amides is 1. The fraction of sp³-hybridized carbons (Fsp3) is 0.429. The van der Waals surface area contributed by atoms with Crippen LogP contribution >= 0.6 is 11.5 Å². The van der Waals surface area contributed by atoms with Crippen LogP contribution in [-0.2, 0) is 4.79 Å². The van der Waals surface area contributed by atoms with Gasteiger partial charge in [0.15, 0.2) is 11.5 Å². The number of anilines is 1. The Hall–Kier alpha value is -3.17. The Morgan fingerprint density at radius 1 is 1.05 bits per heavy atom. The Labute approximate surface area is 220 Å². The molecule has 0 radical (unpaired) electrons. The second-order valence-electron chi connectivity index (χ2n) is 9.89.